The smallest absolute Gasteiger partial charge is 0.0377 e. The molecule has 2 heteroatoms. The van der Waals surface area contributed by atoms with Crippen LogP contribution in [-0.2, 0) is 0 Å². The van der Waals surface area contributed by atoms with Crippen molar-refractivity contribution in [3.63, 3.8) is 0 Å². The quantitative estimate of drug-likeness (QED) is 0.692. The zero-order valence-electron chi connectivity index (χ0n) is 14.2. The van der Waals surface area contributed by atoms with Gasteiger partial charge in [-0.1, -0.05) is 48.7 Å². The number of benzene rings is 1. The topological polar surface area (TPSA) is 12.0 Å². The van der Waals surface area contributed by atoms with Crippen LogP contribution in [0.1, 0.15) is 68.7 Å². The summed E-state index contributed by atoms with van der Waals surface area (Å²) in [5.74, 6) is 0.760. The van der Waals surface area contributed by atoms with E-state index < -0.39 is 0 Å². The van der Waals surface area contributed by atoms with E-state index in [4.69, 9.17) is 0 Å². The van der Waals surface area contributed by atoms with Gasteiger partial charge in [0.15, 0.2) is 0 Å². The monoisotopic (exact) mass is 351 g/mol. The van der Waals surface area contributed by atoms with E-state index in [1.165, 1.54) is 53.3 Å². The lowest BCUT2D eigenvalue weighted by Gasteiger charge is -2.40. The highest BCUT2D eigenvalue weighted by Crippen LogP contribution is 2.52. The summed E-state index contributed by atoms with van der Waals surface area (Å²) in [7, 11) is 2.14. The summed E-state index contributed by atoms with van der Waals surface area (Å²) < 4.78 is 1.22. The van der Waals surface area contributed by atoms with Crippen molar-refractivity contribution in [2.75, 3.05) is 7.05 Å². The maximum atomic E-state index is 3.68. The van der Waals surface area contributed by atoms with Crippen LogP contribution >= 0.6 is 15.9 Å². The summed E-state index contributed by atoms with van der Waals surface area (Å²) >= 11 is 3.67. The average molecular weight is 352 g/mol. The van der Waals surface area contributed by atoms with Crippen LogP contribution in [-0.4, -0.2) is 7.05 Å². The Morgan fingerprint density at radius 2 is 1.76 bits per heavy atom. The molecule has 1 N–H and O–H groups in total. The van der Waals surface area contributed by atoms with E-state index in [1.54, 1.807) is 0 Å². The Hall–Kier alpha value is -0.340. The fourth-order valence-corrected chi connectivity index (χ4v) is 4.87. The molecular formula is C19H30BrN. The Morgan fingerprint density at radius 1 is 1.14 bits per heavy atom. The summed E-state index contributed by atoms with van der Waals surface area (Å²) in [6.07, 6.45) is 6.84. The predicted octanol–water partition coefficient (Wildman–Crippen LogP) is 5.93. The molecule has 1 aliphatic carbocycles. The lowest BCUT2D eigenvalue weighted by atomic mass is 9.69. The second-order valence-corrected chi connectivity index (χ2v) is 8.20. The molecule has 0 aromatic heterocycles. The molecule has 1 aromatic rings. The number of aryl methyl sites for hydroxylation is 2. The number of nitrogens with one attached hydrogen (secondary N) is 1. The maximum Gasteiger partial charge on any atom is 0.0377 e. The minimum absolute atomic E-state index is 0.438. The van der Waals surface area contributed by atoms with E-state index in [9.17, 15) is 0 Å². The Balaban J connectivity index is 2.44. The van der Waals surface area contributed by atoms with Crippen molar-refractivity contribution in [2.45, 2.75) is 65.8 Å². The molecule has 0 amide bonds. The number of halogens is 1. The molecule has 1 atom stereocenters. The summed E-state index contributed by atoms with van der Waals surface area (Å²) in [6.45, 7) is 9.18. The molecule has 0 aliphatic heterocycles. The molecule has 0 radical (unpaired) electrons. The molecular weight excluding hydrogens is 322 g/mol. The van der Waals surface area contributed by atoms with Crippen LogP contribution in [0.15, 0.2) is 16.6 Å². The molecule has 0 saturated heterocycles. The third-order valence-corrected chi connectivity index (χ3v) is 6.03. The van der Waals surface area contributed by atoms with Gasteiger partial charge in [-0.05, 0) is 74.2 Å². The van der Waals surface area contributed by atoms with E-state index in [-0.39, 0.29) is 0 Å². The van der Waals surface area contributed by atoms with Gasteiger partial charge in [-0.3, -0.25) is 0 Å². The van der Waals surface area contributed by atoms with Gasteiger partial charge in [0.05, 0.1) is 0 Å². The van der Waals surface area contributed by atoms with E-state index in [0.717, 1.165) is 5.92 Å². The SMILES string of the molecule is CNC(c1cc(C)c(Br)cc1C)C1(CC(C)C)CCCC1. The standard InChI is InChI=1S/C19H30BrN/c1-13(2)12-19(8-6-7-9-19)18(21-5)16-10-15(4)17(20)11-14(16)3/h10-11,13,18,21H,6-9,12H2,1-5H3. The molecule has 0 heterocycles. The van der Waals surface area contributed by atoms with Gasteiger partial charge in [0, 0.05) is 10.5 Å². The van der Waals surface area contributed by atoms with Crippen LogP contribution in [0.5, 0.6) is 0 Å². The van der Waals surface area contributed by atoms with Crippen molar-refractivity contribution in [3.05, 3.63) is 33.3 Å². The van der Waals surface area contributed by atoms with Gasteiger partial charge in [-0.15, -0.1) is 0 Å². The third kappa shape index (κ3) is 3.53. The Morgan fingerprint density at radius 3 is 2.29 bits per heavy atom. The first-order chi connectivity index (χ1) is 9.89. The molecule has 1 fully saturated rings. The number of hydrogen-bond acceptors (Lipinski definition) is 1. The van der Waals surface area contributed by atoms with Crippen LogP contribution in [0.25, 0.3) is 0 Å². The summed E-state index contributed by atoms with van der Waals surface area (Å²) in [6, 6.07) is 5.16. The van der Waals surface area contributed by atoms with E-state index in [2.05, 4.69) is 68.1 Å². The Labute approximate surface area is 139 Å². The molecule has 2 rings (SSSR count). The second kappa shape index (κ2) is 6.83. The molecule has 21 heavy (non-hydrogen) atoms. The van der Waals surface area contributed by atoms with Gasteiger partial charge in [-0.2, -0.15) is 0 Å². The molecule has 1 aliphatic rings. The molecule has 1 nitrogen and oxygen atoms in total. The first kappa shape index (κ1) is 17.0. The van der Waals surface area contributed by atoms with Crippen LogP contribution in [0.4, 0.5) is 0 Å². The highest BCUT2D eigenvalue weighted by atomic mass is 79.9. The molecule has 0 spiro atoms. The van der Waals surface area contributed by atoms with E-state index >= 15 is 0 Å². The van der Waals surface area contributed by atoms with Gasteiger partial charge in [0.2, 0.25) is 0 Å². The Bertz CT molecular complexity index is 487. The van der Waals surface area contributed by atoms with Crippen LogP contribution in [0.3, 0.4) is 0 Å². The van der Waals surface area contributed by atoms with Gasteiger partial charge in [0.1, 0.15) is 0 Å². The minimum atomic E-state index is 0.438. The van der Waals surface area contributed by atoms with Crippen molar-refractivity contribution in [1.82, 2.24) is 5.32 Å². The summed E-state index contributed by atoms with van der Waals surface area (Å²) in [4.78, 5) is 0. The summed E-state index contributed by atoms with van der Waals surface area (Å²) in [5, 5.41) is 3.68. The number of rotatable bonds is 5. The zero-order chi connectivity index (χ0) is 15.6. The summed E-state index contributed by atoms with van der Waals surface area (Å²) in [5.41, 5.74) is 4.68. The van der Waals surface area contributed by atoms with Gasteiger partial charge in [0.25, 0.3) is 0 Å². The third-order valence-electron chi connectivity index (χ3n) is 5.17. The highest BCUT2D eigenvalue weighted by Gasteiger charge is 2.42. The first-order valence-corrected chi connectivity index (χ1v) is 9.13. The Kier molecular flexibility index (Phi) is 5.54. The van der Waals surface area contributed by atoms with Gasteiger partial charge in [-0.25, -0.2) is 0 Å². The second-order valence-electron chi connectivity index (χ2n) is 7.35. The fraction of sp³-hybridized carbons (Fsp3) is 0.684. The van der Waals surface area contributed by atoms with Crippen LogP contribution in [0, 0.1) is 25.2 Å². The fourth-order valence-electron chi connectivity index (χ4n) is 4.41. The van der Waals surface area contributed by atoms with Gasteiger partial charge < -0.3 is 5.32 Å². The van der Waals surface area contributed by atoms with Crippen molar-refractivity contribution in [2.24, 2.45) is 11.3 Å². The van der Waals surface area contributed by atoms with Gasteiger partial charge >= 0.3 is 0 Å². The molecule has 1 aromatic carbocycles. The van der Waals surface area contributed by atoms with Crippen molar-refractivity contribution in [3.8, 4) is 0 Å². The van der Waals surface area contributed by atoms with Crippen molar-refractivity contribution in [1.29, 1.82) is 0 Å². The predicted molar refractivity (Wildman–Crippen MR) is 95.8 cm³/mol. The minimum Gasteiger partial charge on any atom is -0.313 e. The average Bonchev–Trinajstić information content (AvgIpc) is 2.84. The molecule has 118 valence electrons. The molecule has 0 bridgehead atoms. The first-order valence-electron chi connectivity index (χ1n) is 8.33. The zero-order valence-corrected chi connectivity index (χ0v) is 15.8. The molecule has 1 unspecified atom stereocenters. The van der Waals surface area contributed by atoms with Crippen molar-refractivity contribution < 1.29 is 0 Å². The molecule has 1 saturated carbocycles. The largest absolute Gasteiger partial charge is 0.313 e. The van der Waals surface area contributed by atoms with E-state index in [1.807, 2.05) is 0 Å². The highest BCUT2D eigenvalue weighted by molar-refractivity contribution is 9.10. The normalized spacial score (nSPS) is 19.2. The lowest BCUT2D eigenvalue weighted by molar-refractivity contribution is 0.161. The van der Waals surface area contributed by atoms with Crippen LogP contribution < -0.4 is 5.32 Å². The maximum absolute atomic E-state index is 3.68. The van der Waals surface area contributed by atoms with Crippen molar-refractivity contribution >= 4 is 15.9 Å². The lowest BCUT2D eigenvalue weighted by Crippen LogP contribution is -2.36. The van der Waals surface area contributed by atoms with Crippen LogP contribution in [0.2, 0.25) is 0 Å². The van der Waals surface area contributed by atoms with E-state index in [0.29, 0.717) is 11.5 Å². The number of hydrogen-bond donors (Lipinski definition) is 1.